The summed E-state index contributed by atoms with van der Waals surface area (Å²) in [6, 6.07) is 4.72. The molecule has 5 nitrogen and oxygen atoms in total. The Hall–Kier alpha value is -0.880. The molecule has 1 aliphatic rings. The van der Waals surface area contributed by atoms with Gasteiger partial charge in [0.1, 0.15) is 18.1 Å². The van der Waals surface area contributed by atoms with E-state index in [0.717, 1.165) is 32.8 Å². The highest BCUT2D eigenvalue weighted by molar-refractivity contribution is 5.85. The van der Waals surface area contributed by atoms with E-state index < -0.39 is 0 Å². The van der Waals surface area contributed by atoms with Crippen molar-refractivity contribution in [3.8, 4) is 11.5 Å². The second-order valence-electron chi connectivity index (χ2n) is 4.02. The zero-order valence-corrected chi connectivity index (χ0v) is 12.2. The summed E-state index contributed by atoms with van der Waals surface area (Å²) in [5, 5.41) is 9.32. The number of anilines is 1. The third-order valence-corrected chi connectivity index (χ3v) is 2.77. The van der Waals surface area contributed by atoms with Crippen LogP contribution >= 0.6 is 24.8 Å². The van der Waals surface area contributed by atoms with Crippen molar-refractivity contribution >= 4 is 30.5 Å². The van der Waals surface area contributed by atoms with Gasteiger partial charge in [0.15, 0.2) is 0 Å². The normalized spacial score (nSPS) is 15.2. The lowest BCUT2D eigenvalue weighted by Crippen LogP contribution is -2.38. The first kappa shape index (κ1) is 18.1. The number of halogens is 2. The second kappa shape index (κ2) is 9.09. The van der Waals surface area contributed by atoms with Crippen LogP contribution in [0.2, 0.25) is 0 Å². The Kier molecular flexibility index (Phi) is 8.67. The van der Waals surface area contributed by atoms with E-state index in [1.807, 2.05) is 0 Å². The van der Waals surface area contributed by atoms with Crippen LogP contribution in [0.5, 0.6) is 11.5 Å². The summed E-state index contributed by atoms with van der Waals surface area (Å²) in [4.78, 5) is 2.28. The highest BCUT2D eigenvalue weighted by Gasteiger charge is 2.10. The molecule has 0 amide bonds. The van der Waals surface area contributed by atoms with Crippen molar-refractivity contribution in [2.75, 3.05) is 45.2 Å². The molecule has 1 fully saturated rings. The maximum absolute atomic E-state index is 9.32. The van der Waals surface area contributed by atoms with Gasteiger partial charge in [-0.1, -0.05) is 0 Å². The SMILES string of the molecule is Cl.Cl.Nc1ccc(O)cc1OCCN1CCOCC1. The van der Waals surface area contributed by atoms with E-state index >= 15 is 0 Å². The van der Waals surface area contributed by atoms with Crippen LogP contribution in [0.25, 0.3) is 0 Å². The summed E-state index contributed by atoms with van der Waals surface area (Å²) in [6.07, 6.45) is 0. The maximum atomic E-state index is 9.32. The molecule has 2 rings (SSSR count). The van der Waals surface area contributed by atoms with Gasteiger partial charge in [-0.05, 0) is 12.1 Å². The van der Waals surface area contributed by atoms with Crippen LogP contribution in [0.15, 0.2) is 18.2 Å². The third kappa shape index (κ3) is 5.74. The molecule has 3 N–H and O–H groups in total. The standard InChI is InChI=1S/C12H18N2O3.2ClH/c13-11-2-1-10(15)9-12(11)17-8-5-14-3-6-16-7-4-14;;/h1-2,9,15H,3-8,13H2;2*1H. The Morgan fingerprint density at radius 3 is 2.63 bits per heavy atom. The lowest BCUT2D eigenvalue weighted by atomic mass is 10.3. The molecule has 110 valence electrons. The molecule has 0 aliphatic carbocycles. The number of nitrogen functional groups attached to an aromatic ring is 1. The average molecular weight is 311 g/mol. The fourth-order valence-electron chi connectivity index (χ4n) is 1.76. The molecule has 1 aromatic carbocycles. The molecule has 1 aliphatic heterocycles. The molecule has 1 saturated heterocycles. The zero-order chi connectivity index (χ0) is 12.1. The number of benzene rings is 1. The van der Waals surface area contributed by atoms with Crippen LogP contribution in [0.1, 0.15) is 0 Å². The van der Waals surface area contributed by atoms with E-state index in [-0.39, 0.29) is 30.6 Å². The Morgan fingerprint density at radius 1 is 1.26 bits per heavy atom. The Bertz CT molecular complexity index is 374. The number of ether oxygens (including phenoxy) is 2. The Balaban J connectivity index is 0.00000162. The highest BCUT2D eigenvalue weighted by atomic mass is 35.5. The summed E-state index contributed by atoms with van der Waals surface area (Å²) < 4.78 is 10.8. The van der Waals surface area contributed by atoms with E-state index in [0.29, 0.717) is 18.0 Å². The quantitative estimate of drug-likeness (QED) is 0.652. The number of hydrogen-bond donors (Lipinski definition) is 2. The molecule has 0 spiro atoms. The molecule has 0 aromatic heterocycles. The van der Waals surface area contributed by atoms with Gasteiger partial charge in [-0.2, -0.15) is 0 Å². The van der Waals surface area contributed by atoms with Gasteiger partial charge in [0.25, 0.3) is 0 Å². The number of rotatable bonds is 4. The predicted octanol–water partition coefficient (Wildman–Crippen LogP) is 1.53. The molecule has 0 radical (unpaired) electrons. The van der Waals surface area contributed by atoms with Gasteiger partial charge < -0.3 is 20.3 Å². The summed E-state index contributed by atoms with van der Waals surface area (Å²) in [6.45, 7) is 4.87. The van der Waals surface area contributed by atoms with Crippen LogP contribution in [0.4, 0.5) is 5.69 Å². The van der Waals surface area contributed by atoms with Crippen molar-refractivity contribution in [1.29, 1.82) is 0 Å². The Morgan fingerprint density at radius 2 is 1.95 bits per heavy atom. The second-order valence-corrected chi connectivity index (χ2v) is 4.02. The van der Waals surface area contributed by atoms with E-state index in [4.69, 9.17) is 15.2 Å². The topological polar surface area (TPSA) is 68.0 Å². The monoisotopic (exact) mass is 310 g/mol. The summed E-state index contributed by atoms with van der Waals surface area (Å²) in [7, 11) is 0. The van der Waals surface area contributed by atoms with Crippen molar-refractivity contribution < 1.29 is 14.6 Å². The van der Waals surface area contributed by atoms with E-state index in [2.05, 4.69) is 4.90 Å². The smallest absolute Gasteiger partial charge is 0.145 e. The lowest BCUT2D eigenvalue weighted by molar-refractivity contribution is 0.0323. The minimum atomic E-state index is 0. The molecular weight excluding hydrogens is 291 g/mol. The minimum Gasteiger partial charge on any atom is -0.508 e. The summed E-state index contributed by atoms with van der Waals surface area (Å²) in [5.41, 5.74) is 6.29. The number of phenolic OH excluding ortho intramolecular Hbond substituents is 1. The average Bonchev–Trinajstić information content (AvgIpc) is 2.35. The van der Waals surface area contributed by atoms with Crippen LogP contribution in [0.3, 0.4) is 0 Å². The molecule has 1 aromatic rings. The van der Waals surface area contributed by atoms with Crippen molar-refractivity contribution in [1.82, 2.24) is 4.90 Å². The van der Waals surface area contributed by atoms with Crippen LogP contribution in [-0.4, -0.2) is 49.5 Å². The first-order chi connectivity index (χ1) is 8.25. The van der Waals surface area contributed by atoms with Gasteiger partial charge in [-0.25, -0.2) is 0 Å². The maximum Gasteiger partial charge on any atom is 0.145 e. The van der Waals surface area contributed by atoms with Gasteiger partial charge in [0, 0.05) is 25.7 Å². The van der Waals surface area contributed by atoms with Crippen molar-refractivity contribution in [3.63, 3.8) is 0 Å². The van der Waals surface area contributed by atoms with Gasteiger partial charge in [-0.15, -0.1) is 24.8 Å². The molecule has 0 bridgehead atoms. The molecule has 0 atom stereocenters. The lowest BCUT2D eigenvalue weighted by Gasteiger charge is -2.26. The van der Waals surface area contributed by atoms with E-state index in [1.54, 1.807) is 12.1 Å². The van der Waals surface area contributed by atoms with Crippen molar-refractivity contribution in [2.45, 2.75) is 0 Å². The fourth-order valence-corrected chi connectivity index (χ4v) is 1.76. The zero-order valence-electron chi connectivity index (χ0n) is 10.6. The van der Waals surface area contributed by atoms with E-state index in [9.17, 15) is 5.11 Å². The van der Waals surface area contributed by atoms with Crippen LogP contribution < -0.4 is 10.5 Å². The van der Waals surface area contributed by atoms with Crippen molar-refractivity contribution in [3.05, 3.63) is 18.2 Å². The van der Waals surface area contributed by atoms with Gasteiger partial charge >= 0.3 is 0 Å². The molecular formula is C12H20Cl2N2O3. The number of aromatic hydroxyl groups is 1. The first-order valence-corrected chi connectivity index (χ1v) is 5.77. The highest BCUT2D eigenvalue weighted by Crippen LogP contribution is 2.25. The predicted molar refractivity (Wildman–Crippen MR) is 79.8 cm³/mol. The number of nitrogens with two attached hydrogens (primary N) is 1. The van der Waals surface area contributed by atoms with Gasteiger partial charge in [0.2, 0.25) is 0 Å². The molecule has 1 heterocycles. The number of nitrogens with zero attached hydrogens (tertiary/aromatic N) is 1. The number of phenols is 1. The van der Waals surface area contributed by atoms with Crippen LogP contribution in [0, 0.1) is 0 Å². The van der Waals surface area contributed by atoms with Crippen molar-refractivity contribution in [2.24, 2.45) is 0 Å². The largest absolute Gasteiger partial charge is 0.508 e. The molecule has 0 unspecified atom stereocenters. The first-order valence-electron chi connectivity index (χ1n) is 5.77. The van der Waals surface area contributed by atoms with E-state index in [1.165, 1.54) is 6.07 Å². The number of hydrogen-bond acceptors (Lipinski definition) is 5. The molecule has 19 heavy (non-hydrogen) atoms. The fraction of sp³-hybridized carbons (Fsp3) is 0.500. The third-order valence-electron chi connectivity index (χ3n) is 2.77. The minimum absolute atomic E-state index is 0. The summed E-state index contributed by atoms with van der Waals surface area (Å²) >= 11 is 0. The van der Waals surface area contributed by atoms with Crippen LogP contribution in [-0.2, 0) is 4.74 Å². The molecule has 0 saturated carbocycles. The molecule has 7 heteroatoms. The van der Waals surface area contributed by atoms with Gasteiger partial charge in [-0.3, -0.25) is 4.90 Å². The summed E-state index contributed by atoms with van der Waals surface area (Å²) in [5.74, 6) is 0.707. The number of morpholine rings is 1. The Labute approximate surface area is 125 Å². The van der Waals surface area contributed by atoms with Gasteiger partial charge in [0.05, 0.1) is 18.9 Å².